The number of Topliss-reactive ketones (excluding diaryl/α,β-unsaturated/α-hetero) is 1. The second-order valence-corrected chi connectivity index (χ2v) is 6.07. The fourth-order valence-corrected chi connectivity index (χ4v) is 2.99. The van der Waals surface area contributed by atoms with Gasteiger partial charge in [0.05, 0.1) is 11.1 Å². The van der Waals surface area contributed by atoms with Crippen molar-refractivity contribution in [3.8, 4) is 11.3 Å². The molecular weight excluding hydrogens is 303 g/mol. The number of nitrogens with zero attached hydrogens (tertiary/aromatic N) is 1. The highest BCUT2D eigenvalue weighted by atomic mass is 35.5. The first-order chi connectivity index (χ1) is 10.6. The molecule has 114 valence electrons. The van der Waals surface area contributed by atoms with Crippen LogP contribution in [0.2, 0.25) is 0 Å². The number of hydrogen-bond donors (Lipinski definition) is 1. The summed E-state index contributed by atoms with van der Waals surface area (Å²) in [4.78, 5) is 11.7. The lowest BCUT2D eigenvalue weighted by atomic mass is 9.92. The van der Waals surface area contributed by atoms with Gasteiger partial charge >= 0.3 is 0 Å². The van der Waals surface area contributed by atoms with Crippen LogP contribution in [0.5, 0.6) is 0 Å². The predicted octanol–water partition coefficient (Wildman–Crippen LogP) is 4.46. The molecule has 0 bridgehead atoms. The van der Waals surface area contributed by atoms with Gasteiger partial charge in [0.25, 0.3) is 0 Å². The summed E-state index contributed by atoms with van der Waals surface area (Å²) < 4.78 is 14.2. The van der Waals surface area contributed by atoms with Crippen molar-refractivity contribution in [3.63, 3.8) is 0 Å². The van der Waals surface area contributed by atoms with E-state index in [-0.39, 0.29) is 22.6 Å². The molecule has 0 radical (unpaired) electrons. The summed E-state index contributed by atoms with van der Waals surface area (Å²) in [6, 6.07) is 6.31. The molecule has 0 fully saturated rings. The zero-order valence-corrected chi connectivity index (χ0v) is 12.9. The summed E-state index contributed by atoms with van der Waals surface area (Å²) in [5.74, 6) is -0.420. The maximum Gasteiger partial charge on any atom is 0.160 e. The van der Waals surface area contributed by atoms with Crippen LogP contribution in [-0.4, -0.2) is 21.4 Å². The molecule has 1 N–H and O–H groups in total. The number of alkyl halides is 1. The second kappa shape index (κ2) is 6.05. The third kappa shape index (κ3) is 2.83. The zero-order chi connectivity index (χ0) is 15.7. The number of ketones is 1. The number of rotatable bonds is 3. The van der Waals surface area contributed by atoms with E-state index in [4.69, 9.17) is 11.6 Å². The number of nitrogens with one attached hydrogen (secondary N) is 1. The Morgan fingerprint density at radius 2 is 2.18 bits per heavy atom. The number of aromatic amines is 1. The molecule has 1 heterocycles. The molecule has 5 heteroatoms. The maximum absolute atomic E-state index is 14.2. The molecule has 0 amide bonds. The van der Waals surface area contributed by atoms with E-state index in [1.165, 1.54) is 19.1 Å². The highest BCUT2D eigenvalue weighted by molar-refractivity contribution is 6.21. The normalized spacial score (nSPS) is 21.0. The van der Waals surface area contributed by atoms with Crippen LogP contribution in [-0.2, 0) is 0 Å². The molecular formula is C17H16ClFN2O. The molecule has 3 nitrogen and oxygen atoms in total. The van der Waals surface area contributed by atoms with E-state index in [1.54, 1.807) is 6.07 Å². The van der Waals surface area contributed by atoms with Gasteiger partial charge in [-0.15, -0.1) is 11.6 Å². The summed E-state index contributed by atoms with van der Waals surface area (Å²) in [5, 5.41) is 7.24. The van der Waals surface area contributed by atoms with Gasteiger partial charge in [-0.2, -0.15) is 5.10 Å². The van der Waals surface area contributed by atoms with Crippen LogP contribution in [0.3, 0.4) is 0 Å². The van der Waals surface area contributed by atoms with Crippen LogP contribution in [0.1, 0.15) is 41.7 Å². The first-order valence-electron chi connectivity index (χ1n) is 7.24. The van der Waals surface area contributed by atoms with Crippen LogP contribution in [0.15, 0.2) is 36.4 Å². The van der Waals surface area contributed by atoms with Gasteiger partial charge in [0, 0.05) is 22.7 Å². The first-order valence-corrected chi connectivity index (χ1v) is 7.67. The van der Waals surface area contributed by atoms with Gasteiger partial charge in [-0.3, -0.25) is 9.89 Å². The molecule has 22 heavy (non-hydrogen) atoms. The van der Waals surface area contributed by atoms with Crippen LogP contribution in [0.4, 0.5) is 4.39 Å². The lowest BCUT2D eigenvalue weighted by Gasteiger charge is -2.17. The number of H-pyrrole nitrogens is 1. The van der Waals surface area contributed by atoms with Gasteiger partial charge in [0.1, 0.15) is 5.82 Å². The van der Waals surface area contributed by atoms with E-state index in [2.05, 4.69) is 10.2 Å². The third-order valence-electron chi connectivity index (χ3n) is 3.95. The topological polar surface area (TPSA) is 45.8 Å². The molecule has 2 atom stereocenters. The van der Waals surface area contributed by atoms with Crippen LogP contribution < -0.4 is 0 Å². The largest absolute Gasteiger partial charge is 0.294 e. The lowest BCUT2D eigenvalue weighted by molar-refractivity contribution is 0.101. The van der Waals surface area contributed by atoms with Crippen molar-refractivity contribution in [2.75, 3.05) is 0 Å². The van der Waals surface area contributed by atoms with E-state index in [0.29, 0.717) is 11.3 Å². The van der Waals surface area contributed by atoms with Crippen molar-refractivity contribution in [1.82, 2.24) is 10.2 Å². The molecule has 2 aromatic rings. The van der Waals surface area contributed by atoms with Crippen molar-refractivity contribution in [3.05, 3.63) is 53.5 Å². The Labute approximate surface area is 133 Å². The maximum atomic E-state index is 14.2. The Hall–Kier alpha value is -1.94. The third-order valence-corrected chi connectivity index (χ3v) is 4.32. The van der Waals surface area contributed by atoms with Crippen molar-refractivity contribution in [2.24, 2.45) is 0 Å². The molecule has 1 aromatic carbocycles. The molecule has 1 aromatic heterocycles. The fraction of sp³-hybridized carbons (Fsp3) is 0.294. The van der Waals surface area contributed by atoms with Gasteiger partial charge in [-0.1, -0.05) is 24.3 Å². The van der Waals surface area contributed by atoms with Gasteiger partial charge in [-0.25, -0.2) is 4.39 Å². The van der Waals surface area contributed by atoms with Crippen LogP contribution in [0, 0.1) is 5.82 Å². The van der Waals surface area contributed by atoms with E-state index < -0.39 is 5.82 Å². The Balaban J connectivity index is 1.98. The Kier molecular flexibility index (Phi) is 4.12. The highest BCUT2D eigenvalue weighted by Crippen LogP contribution is 2.32. The summed E-state index contributed by atoms with van der Waals surface area (Å²) in [7, 11) is 0. The summed E-state index contributed by atoms with van der Waals surface area (Å²) >= 11 is 6.05. The number of allylic oxidation sites excluding steroid dienone is 2. The van der Waals surface area contributed by atoms with E-state index in [9.17, 15) is 9.18 Å². The van der Waals surface area contributed by atoms with Crippen molar-refractivity contribution >= 4 is 17.4 Å². The van der Waals surface area contributed by atoms with E-state index in [1.807, 2.05) is 18.2 Å². The smallest absolute Gasteiger partial charge is 0.160 e. The zero-order valence-electron chi connectivity index (χ0n) is 12.1. The first kappa shape index (κ1) is 15.0. The summed E-state index contributed by atoms with van der Waals surface area (Å²) in [6.45, 7) is 1.43. The summed E-state index contributed by atoms with van der Waals surface area (Å²) in [6.07, 6.45) is 5.84. The predicted molar refractivity (Wildman–Crippen MR) is 84.7 cm³/mol. The molecule has 1 unspecified atom stereocenters. The fourth-order valence-electron chi connectivity index (χ4n) is 2.78. The monoisotopic (exact) mass is 318 g/mol. The van der Waals surface area contributed by atoms with Gasteiger partial charge in [0.15, 0.2) is 5.78 Å². The molecule has 1 aliphatic carbocycles. The molecule has 0 spiro atoms. The van der Waals surface area contributed by atoms with E-state index in [0.717, 1.165) is 18.5 Å². The van der Waals surface area contributed by atoms with Gasteiger partial charge < -0.3 is 0 Å². The number of halogens is 2. The van der Waals surface area contributed by atoms with Crippen LogP contribution in [0.25, 0.3) is 11.3 Å². The minimum Gasteiger partial charge on any atom is -0.294 e. The quantitative estimate of drug-likeness (QED) is 0.516. The number of hydrogen-bond acceptors (Lipinski definition) is 2. The Bertz CT molecular complexity index is 738. The van der Waals surface area contributed by atoms with Crippen molar-refractivity contribution < 1.29 is 9.18 Å². The molecule has 0 saturated carbocycles. The Morgan fingerprint density at radius 1 is 1.36 bits per heavy atom. The number of carbonyl (C=O) groups is 1. The van der Waals surface area contributed by atoms with Crippen molar-refractivity contribution in [2.45, 2.75) is 31.1 Å². The van der Waals surface area contributed by atoms with Crippen LogP contribution >= 0.6 is 11.6 Å². The Morgan fingerprint density at radius 3 is 2.86 bits per heavy atom. The number of aromatic nitrogens is 2. The molecule has 0 aliphatic heterocycles. The second-order valence-electron chi connectivity index (χ2n) is 5.51. The highest BCUT2D eigenvalue weighted by Gasteiger charge is 2.21. The average molecular weight is 319 g/mol. The van der Waals surface area contributed by atoms with Crippen molar-refractivity contribution in [1.29, 1.82) is 0 Å². The molecule has 3 rings (SSSR count). The molecule has 0 saturated heterocycles. The standard InChI is InChI=1S/C17H16ClFN2O/c1-10(22)13-3-2-4-14(19)17(13)16-9-15(20-21-16)11-5-7-12(18)8-6-11/h2-5,7,9,11-12H,6,8H2,1H3,(H,20,21)/t11?,12-/m1/s1. The minimum atomic E-state index is -0.439. The van der Waals surface area contributed by atoms with E-state index >= 15 is 0 Å². The average Bonchev–Trinajstić information content (AvgIpc) is 2.97. The van der Waals surface area contributed by atoms with Gasteiger partial charge in [0.2, 0.25) is 0 Å². The number of benzene rings is 1. The molecule has 1 aliphatic rings. The minimum absolute atomic E-state index is 0.0783. The lowest BCUT2D eigenvalue weighted by Crippen LogP contribution is -2.07. The summed E-state index contributed by atoms with van der Waals surface area (Å²) in [5.41, 5.74) is 1.97. The number of carbonyl (C=O) groups excluding carboxylic acids is 1. The van der Waals surface area contributed by atoms with Gasteiger partial charge in [-0.05, 0) is 31.9 Å². The SMILES string of the molecule is CC(=O)c1cccc(F)c1-c1cc(C2C=C[C@@H](Cl)CC2)[nH]n1.